The minimum absolute atomic E-state index is 0.0523. The van der Waals surface area contributed by atoms with Gasteiger partial charge in [0.1, 0.15) is 5.69 Å². The van der Waals surface area contributed by atoms with Crippen LogP contribution in [0.2, 0.25) is 0 Å². The number of nitrogens with one attached hydrogen (secondary N) is 1. The van der Waals surface area contributed by atoms with E-state index in [1.165, 1.54) is 6.20 Å². The van der Waals surface area contributed by atoms with Gasteiger partial charge in [-0.1, -0.05) is 25.1 Å². The second-order valence-electron chi connectivity index (χ2n) is 6.49. The van der Waals surface area contributed by atoms with Gasteiger partial charge in [-0.05, 0) is 37.2 Å². The third-order valence-electron chi connectivity index (χ3n) is 4.68. The summed E-state index contributed by atoms with van der Waals surface area (Å²) in [6.45, 7) is 5.15. The molecule has 136 valence electrons. The number of hydrogen-bond acceptors (Lipinski definition) is 4. The molecule has 1 N–H and O–H groups in total. The Morgan fingerprint density at radius 1 is 1.12 bits per heavy atom. The molecule has 2 aromatic rings. The van der Waals surface area contributed by atoms with Gasteiger partial charge in [-0.3, -0.25) is 14.6 Å². The molecule has 3 rings (SSSR count). The molecule has 0 saturated carbocycles. The number of piperazine rings is 1. The average Bonchev–Trinajstić information content (AvgIpc) is 2.68. The van der Waals surface area contributed by atoms with Crippen molar-refractivity contribution < 1.29 is 9.59 Å². The van der Waals surface area contributed by atoms with Gasteiger partial charge < -0.3 is 15.1 Å². The van der Waals surface area contributed by atoms with E-state index >= 15 is 0 Å². The molecule has 6 heteroatoms. The summed E-state index contributed by atoms with van der Waals surface area (Å²) in [6, 6.07) is 10.9. The molecule has 0 unspecified atom stereocenters. The first kappa shape index (κ1) is 18.1. The molecule has 6 nitrogen and oxygen atoms in total. The van der Waals surface area contributed by atoms with Gasteiger partial charge >= 0.3 is 0 Å². The smallest absolute Gasteiger partial charge is 0.274 e. The van der Waals surface area contributed by atoms with Gasteiger partial charge in [0, 0.05) is 43.6 Å². The van der Waals surface area contributed by atoms with E-state index in [1.54, 1.807) is 12.1 Å². The highest BCUT2D eigenvalue weighted by Gasteiger charge is 2.21. The van der Waals surface area contributed by atoms with E-state index in [9.17, 15) is 9.59 Å². The van der Waals surface area contributed by atoms with Gasteiger partial charge in [-0.25, -0.2) is 0 Å². The Labute approximate surface area is 153 Å². The molecule has 0 atom stereocenters. The van der Waals surface area contributed by atoms with E-state index in [2.05, 4.69) is 15.2 Å². The summed E-state index contributed by atoms with van der Waals surface area (Å²) in [4.78, 5) is 33.4. The molecule has 2 heterocycles. The van der Waals surface area contributed by atoms with Crippen LogP contribution in [0.1, 0.15) is 33.3 Å². The average molecular weight is 352 g/mol. The van der Waals surface area contributed by atoms with Gasteiger partial charge in [0.15, 0.2) is 0 Å². The van der Waals surface area contributed by atoms with Crippen molar-refractivity contribution in [3.05, 3.63) is 59.4 Å². The molecule has 1 saturated heterocycles. The Hall–Kier alpha value is -2.73. The largest absolute Gasteiger partial charge is 0.336 e. The number of nitrogens with zero attached hydrogens (tertiary/aromatic N) is 3. The van der Waals surface area contributed by atoms with Crippen molar-refractivity contribution in [2.75, 3.05) is 38.5 Å². The summed E-state index contributed by atoms with van der Waals surface area (Å²) in [5.74, 6) is -0.359. The SMILES string of the molecule is CCc1ccccc1NC(=O)c1cc(C(=O)N2CCN(C)CC2)ccn1. The number of aryl methyl sites for hydroxylation is 1. The van der Waals surface area contributed by atoms with Crippen LogP contribution in [0, 0.1) is 0 Å². The van der Waals surface area contributed by atoms with Gasteiger partial charge in [0.2, 0.25) is 0 Å². The van der Waals surface area contributed by atoms with E-state index < -0.39 is 0 Å². The third-order valence-corrected chi connectivity index (χ3v) is 4.68. The number of pyridine rings is 1. The second kappa shape index (κ2) is 8.10. The van der Waals surface area contributed by atoms with Crippen molar-refractivity contribution in [2.24, 2.45) is 0 Å². The van der Waals surface area contributed by atoms with Gasteiger partial charge in [-0.15, -0.1) is 0 Å². The zero-order valence-corrected chi connectivity index (χ0v) is 15.2. The van der Waals surface area contributed by atoms with Crippen molar-refractivity contribution >= 4 is 17.5 Å². The van der Waals surface area contributed by atoms with Crippen LogP contribution in [-0.4, -0.2) is 59.8 Å². The monoisotopic (exact) mass is 352 g/mol. The number of carbonyl (C=O) groups excluding carboxylic acids is 2. The summed E-state index contributed by atoms with van der Waals surface area (Å²) >= 11 is 0. The minimum atomic E-state index is -0.307. The first-order chi connectivity index (χ1) is 12.6. The Kier molecular flexibility index (Phi) is 5.63. The predicted molar refractivity (Wildman–Crippen MR) is 101 cm³/mol. The second-order valence-corrected chi connectivity index (χ2v) is 6.49. The highest BCUT2D eigenvalue weighted by Crippen LogP contribution is 2.17. The molecule has 1 aromatic heterocycles. The molecule has 0 bridgehead atoms. The van der Waals surface area contributed by atoms with Gasteiger partial charge in [-0.2, -0.15) is 0 Å². The van der Waals surface area contributed by atoms with E-state index in [1.807, 2.05) is 43.1 Å². The van der Waals surface area contributed by atoms with E-state index in [0.29, 0.717) is 18.7 Å². The van der Waals surface area contributed by atoms with Crippen molar-refractivity contribution in [2.45, 2.75) is 13.3 Å². The van der Waals surface area contributed by atoms with Crippen LogP contribution in [0.25, 0.3) is 0 Å². The standard InChI is InChI=1S/C20H24N4O2/c1-3-15-6-4-5-7-17(15)22-19(25)18-14-16(8-9-21-18)20(26)24-12-10-23(2)11-13-24/h4-9,14H,3,10-13H2,1-2H3,(H,22,25). The first-order valence-corrected chi connectivity index (χ1v) is 8.91. The lowest BCUT2D eigenvalue weighted by atomic mass is 10.1. The van der Waals surface area contributed by atoms with Crippen molar-refractivity contribution in [1.29, 1.82) is 0 Å². The van der Waals surface area contributed by atoms with Crippen LogP contribution >= 0.6 is 0 Å². The molecule has 1 aromatic carbocycles. The molecular formula is C20H24N4O2. The van der Waals surface area contributed by atoms with E-state index in [0.717, 1.165) is 30.8 Å². The summed E-state index contributed by atoms with van der Waals surface area (Å²) in [6.07, 6.45) is 2.34. The molecular weight excluding hydrogens is 328 g/mol. The topological polar surface area (TPSA) is 65.5 Å². The normalized spacial score (nSPS) is 14.9. The Morgan fingerprint density at radius 3 is 2.58 bits per heavy atom. The first-order valence-electron chi connectivity index (χ1n) is 8.91. The summed E-state index contributed by atoms with van der Waals surface area (Å²) in [5, 5.41) is 2.90. The lowest BCUT2D eigenvalue weighted by molar-refractivity contribution is 0.0664. The quantitative estimate of drug-likeness (QED) is 0.917. The van der Waals surface area contributed by atoms with Gasteiger partial charge in [0.05, 0.1) is 0 Å². The van der Waals surface area contributed by atoms with Crippen LogP contribution in [0.4, 0.5) is 5.69 Å². The lowest BCUT2D eigenvalue weighted by Gasteiger charge is -2.32. The predicted octanol–water partition coefficient (Wildman–Crippen LogP) is 2.28. The summed E-state index contributed by atoms with van der Waals surface area (Å²) in [5.41, 5.74) is 2.58. The number of hydrogen-bond donors (Lipinski definition) is 1. The van der Waals surface area contributed by atoms with Crippen molar-refractivity contribution in [1.82, 2.24) is 14.8 Å². The highest BCUT2D eigenvalue weighted by molar-refractivity contribution is 6.05. The number of likely N-dealkylation sites (N-methyl/N-ethyl adjacent to an activating group) is 1. The maximum Gasteiger partial charge on any atom is 0.274 e. The van der Waals surface area contributed by atoms with Crippen molar-refractivity contribution in [3.63, 3.8) is 0 Å². The number of benzene rings is 1. The molecule has 26 heavy (non-hydrogen) atoms. The molecule has 0 spiro atoms. The summed E-state index contributed by atoms with van der Waals surface area (Å²) in [7, 11) is 2.05. The van der Waals surface area contributed by atoms with Crippen LogP contribution < -0.4 is 5.32 Å². The Balaban J connectivity index is 1.74. The summed E-state index contributed by atoms with van der Waals surface area (Å²) < 4.78 is 0. The lowest BCUT2D eigenvalue weighted by Crippen LogP contribution is -2.47. The molecule has 1 aliphatic rings. The Morgan fingerprint density at radius 2 is 1.85 bits per heavy atom. The zero-order chi connectivity index (χ0) is 18.5. The minimum Gasteiger partial charge on any atom is -0.336 e. The number of anilines is 1. The Bertz CT molecular complexity index is 798. The number of rotatable bonds is 4. The number of carbonyl (C=O) groups is 2. The van der Waals surface area contributed by atoms with Crippen LogP contribution in [0.15, 0.2) is 42.6 Å². The van der Waals surface area contributed by atoms with Crippen LogP contribution in [0.5, 0.6) is 0 Å². The number of aromatic nitrogens is 1. The molecule has 2 amide bonds. The fourth-order valence-corrected chi connectivity index (χ4v) is 3.02. The van der Waals surface area contributed by atoms with Crippen molar-refractivity contribution in [3.8, 4) is 0 Å². The van der Waals surface area contributed by atoms with E-state index in [-0.39, 0.29) is 17.5 Å². The molecule has 0 aliphatic carbocycles. The maximum atomic E-state index is 12.7. The molecule has 0 radical (unpaired) electrons. The van der Waals surface area contributed by atoms with Crippen LogP contribution in [-0.2, 0) is 6.42 Å². The highest BCUT2D eigenvalue weighted by atomic mass is 16.2. The number of amides is 2. The fraction of sp³-hybridized carbons (Fsp3) is 0.350. The fourth-order valence-electron chi connectivity index (χ4n) is 3.02. The van der Waals surface area contributed by atoms with Gasteiger partial charge in [0.25, 0.3) is 11.8 Å². The molecule has 1 aliphatic heterocycles. The molecule has 1 fully saturated rings. The number of para-hydroxylation sites is 1. The third kappa shape index (κ3) is 4.08. The van der Waals surface area contributed by atoms with E-state index in [4.69, 9.17) is 0 Å². The zero-order valence-electron chi connectivity index (χ0n) is 15.2. The maximum absolute atomic E-state index is 12.7. The van der Waals surface area contributed by atoms with Crippen LogP contribution in [0.3, 0.4) is 0 Å².